The van der Waals surface area contributed by atoms with Crippen LogP contribution < -0.4 is 0 Å². The lowest BCUT2D eigenvalue weighted by atomic mass is 9.88. The monoisotopic (exact) mass is 341 g/mol. The molecule has 0 radical (unpaired) electrons. The number of esters is 1. The number of benzene rings is 2. The van der Waals surface area contributed by atoms with E-state index < -0.39 is 11.6 Å². The SMILES string of the molecule is C[C@H](c1ccc(F)cc1)N(C)C(=O)[C@@]1(C)Cc2ccccc2C(=O)O1. The molecule has 0 fully saturated rings. The predicted octanol–water partition coefficient (Wildman–Crippen LogP) is 3.52. The van der Waals surface area contributed by atoms with Crippen molar-refractivity contribution in [1.29, 1.82) is 0 Å². The topological polar surface area (TPSA) is 46.6 Å². The number of cyclic esters (lactones) is 1. The fraction of sp³-hybridized carbons (Fsp3) is 0.300. The van der Waals surface area contributed by atoms with Crippen LogP contribution in [0.2, 0.25) is 0 Å². The zero-order chi connectivity index (χ0) is 18.2. The molecule has 0 saturated heterocycles. The number of hydrogen-bond donors (Lipinski definition) is 0. The van der Waals surface area contributed by atoms with E-state index in [-0.39, 0.29) is 17.8 Å². The van der Waals surface area contributed by atoms with Crippen molar-refractivity contribution in [3.8, 4) is 0 Å². The van der Waals surface area contributed by atoms with E-state index in [0.717, 1.165) is 11.1 Å². The van der Waals surface area contributed by atoms with E-state index in [1.165, 1.54) is 17.0 Å². The highest BCUT2D eigenvalue weighted by Gasteiger charge is 2.44. The van der Waals surface area contributed by atoms with Crippen molar-refractivity contribution in [2.45, 2.75) is 31.9 Å². The van der Waals surface area contributed by atoms with Gasteiger partial charge in [0, 0.05) is 13.5 Å². The van der Waals surface area contributed by atoms with Gasteiger partial charge in [0.1, 0.15) is 5.82 Å². The lowest BCUT2D eigenvalue weighted by molar-refractivity contribution is -0.151. The van der Waals surface area contributed by atoms with E-state index in [0.29, 0.717) is 12.0 Å². The Hall–Kier alpha value is -2.69. The Morgan fingerprint density at radius 1 is 1.20 bits per heavy atom. The summed E-state index contributed by atoms with van der Waals surface area (Å²) in [6.45, 7) is 3.49. The third-order valence-electron chi connectivity index (χ3n) is 4.79. The molecule has 5 heteroatoms. The molecule has 0 aromatic heterocycles. The summed E-state index contributed by atoms with van der Waals surface area (Å²) < 4.78 is 18.6. The molecule has 130 valence electrons. The Labute approximate surface area is 146 Å². The first kappa shape index (κ1) is 17.1. The van der Waals surface area contributed by atoms with Crippen LogP contribution in [0.1, 0.15) is 41.4 Å². The smallest absolute Gasteiger partial charge is 0.339 e. The van der Waals surface area contributed by atoms with Crippen LogP contribution in [0.3, 0.4) is 0 Å². The molecule has 25 heavy (non-hydrogen) atoms. The Balaban J connectivity index is 1.84. The first-order chi connectivity index (χ1) is 11.8. The van der Waals surface area contributed by atoms with Crippen molar-refractivity contribution in [3.05, 3.63) is 71.0 Å². The van der Waals surface area contributed by atoms with Crippen molar-refractivity contribution in [3.63, 3.8) is 0 Å². The van der Waals surface area contributed by atoms with E-state index in [4.69, 9.17) is 4.74 Å². The van der Waals surface area contributed by atoms with Crippen molar-refractivity contribution >= 4 is 11.9 Å². The van der Waals surface area contributed by atoms with Gasteiger partial charge in [-0.3, -0.25) is 4.79 Å². The molecule has 1 aliphatic heterocycles. The average Bonchev–Trinajstić information content (AvgIpc) is 2.60. The molecule has 4 nitrogen and oxygen atoms in total. The Morgan fingerprint density at radius 2 is 1.84 bits per heavy atom. The standard InChI is InChI=1S/C20H20FNO3/c1-13(14-8-10-16(21)11-9-14)22(3)19(24)20(2)12-15-6-4-5-7-17(15)18(23)25-20/h4-11,13H,12H2,1-3H3/t13-,20-/m1/s1. The van der Waals surface area contributed by atoms with Gasteiger partial charge in [0.2, 0.25) is 0 Å². The highest BCUT2D eigenvalue weighted by molar-refractivity contribution is 5.97. The second-order valence-electron chi connectivity index (χ2n) is 6.60. The molecule has 2 aromatic carbocycles. The number of likely N-dealkylation sites (N-methyl/N-ethyl adjacent to an activating group) is 1. The summed E-state index contributed by atoms with van der Waals surface area (Å²) in [5, 5.41) is 0. The van der Waals surface area contributed by atoms with Crippen molar-refractivity contribution in [2.24, 2.45) is 0 Å². The van der Waals surface area contributed by atoms with Crippen molar-refractivity contribution < 1.29 is 18.7 Å². The van der Waals surface area contributed by atoms with Gasteiger partial charge in [-0.25, -0.2) is 9.18 Å². The summed E-state index contributed by atoms with van der Waals surface area (Å²) in [7, 11) is 1.66. The molecule has 0 aliphatic carbocycles. The highest BCUT2D eigenvalue weighted by atomic mass is 19.1. The molecular formula is C20H20FNO3. The minimum Gasteiger partial charge on any atom is -0.445 e. The van der Waals surface area contributed by atoms with Crippen LogP contribution in [0.15, 0.2) is 48.5 Å². The molecule has 0 unspecified atom stereocenters. The summed E-state index contributed by atoms with van der Waals surface area (Å²) in [6.07, 6.45) is 0.328. The van der Waals surface area contributed by atoms with E-state index in [9.17, 15) is 14.0 Å². The Morgan fingerprint density at radius 3 is 2.52 bits per heavy atom. The second-order valence-corrected chi connectivity index (χ2v) is 6.60. The zero-order valence-corrected chi connectivity index (χ0v) is 14.5. The van der Waals surface area contributed by atoms with Crippen LogP contribution in [0, 0.1) is 5.82 Å². The number of hydrogen-bond acceptors (Lipinski definition) is 3. The maximum atomic E-state index is 13.1. The van der Waals surface area contributed by atoms with E-state index in [1.807, 2.05) is 19.1 Å². The number of carbonyl (C=O) groups excluding carboxylic acids is 2. The van der Waals surface area contributed by atoms with Crippen LogP contribution >= 0.6 is 0 Å². The molecule has 2 atom stereocenters. The quantitative estimate of drug-likeness (QED) is 0.803. The largest absolute Gasteiger partial charge is 0.445 e. The van der Waals surface area contributed by atoms with Crippen LogP contribution in [-0.2, 0) is 16.0 Å². The number of ether oxygens (including phenoxy) is 1. The molecule has 1 aliphatic rings. The number of carbonyl (C=O) groups is 2. The van der Waals surface area contributed by atoms with Gasteiger partial charge in [-0.2, -0.15) is 0 Å². The number of halogens is 1. The minimum absolute atomic E-state index is 0.277. The number of rotatable bonds is 3. The highest BCUT2D eigenvalue weighted by Crippen LogP contribution is 2.31. The second kappa shape index (κ2) is 6.31. The van der Waals surface area contributed by atoms with Gasteiger partial charge in [-0.1, -0.05) is 30.3 Å². The summed E-state index contributed by atoms with van der Waals surface area (Å²) in [5.74, 6) is -1.09. The minimum atomic E-state index is -1.26. The van der Waals surface area contributed by atoms with Crippen molar-refractivity contribution in [1.82, 2.24) is 4.90 Å². The summed E-state index contributed by atoms with van der Waals surface area (Å²) >= 11 is 0. The van der Waals surface area contributed by atoms with Gasteiger partial charge < -0.3 is 9.64 Å². The number of amides is 1. The van der Waals surface area contributed by atoms with Crippen molar-refractivity contribution in [2.75, 3.05) is 7.05 Å². The summed E-state index contributed by atoms with van der Waals surface area (Å²) in [4.78, 5) is 26.8. The van der Waals surface area contributed by atoms with Gasteiger partial charge in [-0.15, -0.1) is 0 Å². The molecular weight excluding hydrogens is 321 g/mol. The van der Waals surface area contributed by atoms with Gasteiger partial charge in [-0.05, 0) is 43.2 Å². The number of fused-ring (bicyclic) bond motifs is 1. The van der Waals surface area contributed by atoms with Crippen LogP contribution in [0.25, 0.3) is 0 Å². The first-order valence-electron chi connectivity index (χ1n) is 8.16. The lowest BCUT2D eigenvalue weighted by Gasteiger charge is -2.38. The molecule has 0 saturated carbocycles. The molecule has 3 rings (SSSR count). The third kappa shape index (κ3) is 3.14. The van der Waals surface area contributed by atoms with Gasteiger partial charge in [0.15, 0.2) is 5.60 Å². The maximum absolute atomic E-state index is 13.1. The fourth-order valence-corrected chi connectivity index (χ4v) is 3.17. The predicted molar refractivity (Wildman–Crippen MR) is 91.6 cm³/mol. The summed E-state index contributed by atoms with van der Waals surface area (Å²) in [6, 6.07) is 12.9. The molecule has 1 amide bonds. The Kier molecular flexibility index (Phi) is 4.33. The molecule has 1 heterocycles. The van der Waals surface area contributed by atoms with Crippen LogP contribution in [0.4, 0.5) is 4.39 Å². The molecule has 2 aromatic rings. The summed E-state index contributed by atoms with van der Waals surface area (Å²) in [5.41, 5.74) is 0.858. The fourth-order valence-electron chi connectivity index (χ4n) is 3.17. The number of nitrogens with zero attached hydrogens (tertiary/aromatic N) is 1. The van der Waals surface area contributed by atoms with Gasteiger partial charge in [0.05, 0.1) is 11.6 Å². The lowest BCUT2D eigenvalue weighted by Crippen LogP contribution is -2.52. The average molecular weight is 341 g/mol. The third-order valence-corrected chi connectivity index (χ3v) is 4.79. The van der Waals surface area contributed by atoms with E-state index in [2.05, 4.69) is 0 Å². The molecule has 0 spiro atoms. The molecule has 0 bridgehead atoms. The van der Waals surface area contributed by atoms with E-state index >= 15 is 0 Å². The first-order valence-corrected chi connectivity index (χ1v) is 8.16. The molecule has 0 N–H and O–H groups in total. The van der Waals surface area contributed by atoms with Crippen LogP contribution in [0.5, 0.6) is 0 Å². The van der Waals surface area contributed by atoms with Gasteiger partial charge in [0.25, 0.3) is 5.91 Å². The van der Waals surface area contributed by atoms with Crippen LogP contribution in [-0.4, -0.2) is 29.4 Å². The van der Waals surface area contributed by atoms with Gasteiger partial charge >= 0.3 is 5.97 Å². The Bertz CT molecular complexity index is 818. The normalized spacial score (nSPS) is 20.4. The zero-order valence-electron chi connectivity index (χ0n) is 14.5. The van der Waals surface area contributed by atoms with E-state index in [1.54, 1.807) is 38.2 Å². The maximum Gasteiger partial charge on any atom is 0.339 e.